The first kappa shape index (κ1) is 17.2. The Kier molecular flexibility index (Phi) is 4.13. The lowest BCUT2D eigenvalue weighted by atomic mass is 9.90. The van der Waals surface area contributed by atoms with Crippen LogP contribution in [0.5, 0.6) is 5.75 Å². The number of nitrogens with one attached hydrogen (secondary N) is 1. The van der Waals surface area contributed by atoms with Crippen molar-refractivity contribution in [2.24, 2.45) is 0 Å². The van der Waals surface area contributed by atoms with Crippen molar-refractivity contribution < 1.29 is 9.90 Å². The Morgan fingerprint density at radius 1 is 1.14 bits per heavy atom. The van der Waals surface area contributed by atoms with Gasteiger partial charge in [0.05, 0.1) is 29.9 Å². The van der Waals surface area contributed by atoms with Crippen LogP contribution in [0.25, 0.3) is 5.69 Å². The number of carbonyl (C=O) groups excluding carboxylic acids is 1. The number of carbonyl (C=O) groups is 1. The van der Waals surface area contributed by atoms with Gasteiger partial charge in [-0.3, -0.25) is 4.79 Å². The number of aromatic nitrogens is 4. The molecule has 2 N–H and O–H groups in total. The van der Waals surface area contributed by atoms with Crippen LogP contribution in [0.2, 0.25) is 0 Å². The minimum Gasteiger partial charge on any atom is -0.508 e. The summed E-state index contributed by atoms with van der Waals surface area (Å²) in [4.78, 5) is 22.6. The minimum absolute atomic E-state index is 0.0394. The lowest BCUT2D eigenvalue weighted by Gasteiger charge is -2.32. The summed E-state index contributed by atoms with van der Waals surface area (Å²) in [6, 6.07) is 16.4. The second-order valence-electron chi connectivity index (χ2n) is 7.10. The van der Waals surface area contributed by atoms with E-state index in [1.807, 2.05) is 53.6 Å². The number of aromatic hydroxyl groups is 1. The number of benzene rings is 2. The molecule has 4 aromatic rings. The lowest BCUT2D eigenvalue weighted by molar-refractivity contribution is 0.0722. The predicted molar refractivity (Wildman–Crippen MR) is 107 cm³/mol. The Morgan fingerprint density at radius 2 is 2.00 bits per heavy atom. The van der Waals surface area contributed by atoms with E-state index >= 15 is 0 Å². The molecule has 0 bridgehead atoms. The monoisotopic (exact) mass is 385 g/mol. The molecule has 1 unspecified atom stereocenters. The summed E-state index contributed by atoms with van der Waals surface area (Å²) in [6.07, 6.45) is 5.24. The number of amides is 1. The third kappa shape index (κ3) is 3.16. The fourth-order valence-electron chi connectivity index (χ4n) is 3.84. The van der Waals surface area contributed by atoms with E-state index in [0.29, 0.717) is 18.7 Å². The van der Waals surface area contributed by atoms with Crippen molar-refractivity contribution >= 4 is 5.91 Å². The number of hydrogen-bond acceptors (Lipinski definition) is 4. The van der Waals surface area contributed by atoms with Gasteiger partial charge in [0.15, 0.2) is 0 Å². The molecule has 0 saturated heterocycles. The van der Waals surface area contributed by atoms with E-state index in [0.717, 1.165) is 22.6 Å². The molecule has 0 radical (unpaired) electrons. The van der Waals surface area contributed by atoms with Crippen molar-refractivity contribution in [1.29, 1.82) is 0 Å². The first-order valence-corrected chi connectivity index (χ1v) is 9.39. The summed E-state index contributed by atoms with van der Waals surface area (Å²) < 4.78 is 1.75. The Balaban J connectivity index is 1.43. The normalized spacial score (nSPS) is 15.9. The summed E-state index contributed by atoms with van der Waals surface area (Å²) in [5.41, 5.74) is 4.31. The van der Waals surface area contributed by atoms with Crippen molar-refractivity contribution in [3.63, 3.8) is 0 Å². The van der Waals surface area contributed by atoms with Gasteiger partial charge in [0.25, 0.3) is 5.91 Å². The number of nitrogens with zero attached hydrogens (tertiary/aromatic N) is 4. The standard InChI is InChI=1S/C22H19N5O2/c28-18-4-1-3-16(11-18)19-12-26(13-20-21(19)24-14-23-20)22(29)15-5-7-17(8-6-15)27-10-2-9-25-27/h1-11,14,19,28H,12-13H2,(H,23,24). The summed E-state index contributed by atoms with van der Waals surface area (Å²) >= 11 is 0. The summed E-state index contributed by atoms with van der Waals surface area (Å²) in [5, 5.41) is 14.1. The molecule has 7 heteroatoms. The highest BCUT2D eigenvalue weighted by molar-refractivity contribution is 5.94. The van der Waals surface area contributed by atoms with Gasteiger partial charge >= 0.3 is 0 Å². The fourth-order valence-corrected chi connectivity index (χ4v) is 3.84. The molecule has 1 atom stereocenters. The van der Waals surface area contributed by atoms with Gasteiger partial charge in [-0.05, 0) is 48.0 Å². The molecule has 1 aliphatic heterocycles. The number of fused-ring (bicyclic) bond motifs is 1. The van der Waals surface area contributed by atoms with E-state index < -0.39 is 0 Å². The first-order chi connectivity index (χ1) is 14.2. The van der Waals surface area contributed by atoms with Gasteiger partial charge in [0.2, 0.25) is 0 Å². The number of rotatable bonds is 3. The zero-order valence-corrected chi connectivity index (χ0v) is 15.6. The largest absolute Gasteiger partial charge is 0.508 e. The van der Waals surface area contributed by atoms with Crippen molar-refractivity contribution in [2.75, 3.05) is 6.54 Å². The average molecular weight is 385 g/mol. The summed E-state index contributed by atoms with van der Waals surface area (Å²) in [6.45, 7) is 0.978. The minimum atomic E-state index is -0.0932. The molecule has 1 aliphatic rings. The van der Waals surface area contributed by atoms with Crippen LogP contribution in [0, 0.1) is 0 Å². The molecule has 5 rings (SSSR count). The maximum Gasteiger partial charge on any atom is 0.254 e. The molecule has 1 amide bonds. The second kappa shape index (κ2) is 6.94. The van der Waals surface area contributed by atoms with Crippen molar-refractivity contribution in [3.05, 3.63) is 95.8 Å². The molecular formula is C22H19N5O2. The lowest BCUT2D eigenvalue weighted by Crippen LogP contribution is -2.38. The third-order valence-corrected chi connectivity index (χ3v) is 5.28. The maximum atomic E-state index is 13.2. The van der Waals surface area contributed by atoms with E-state index in [1.54, 1.807) is 29.3 Å². The molecule has 0 fully saturated rings. The molecule has 144 valence electrons. The quantitative estimate of drug-likeness (QED) is 0.567. The smallest absolute Gasteiger partial charge is 0.254 e. The SMILES string of the molecule is O=C(c1ccc(-n2cccn2)cc1)N1Cc2[nH]cnc2C(c2cccc(O)c2)C1. The molecule has 29 heavy (non-hydrogen) atoms. The summed E-state index contributed by atoms with van der Waals surface area (Å²) in [7, 11) is 0. The van der Waals surface area contributed by atoms with Gasteiger partial charge in [0.1, 0.15) is 5.75 Å². The van der Waals surface area contributed by atoms with Gasteiger partial charge in [0, 0.05) is 30.4 Å². The van der Waals surface area contributed by atoms with E-state index in [2.05, 4.69) is 15.1 Å². The van der Waals surface area contributed by atoms with Crippen molar-refractivity contribution in [2.45, 2.75) is 12.5 Å². The van der Waals surface area contributed by atoms with Gasteiger partial charge in [-0.25, -0.2) is 9.67 Å². The second-order valence-corrected chi connectivity index (χ2v) is 7.10. The van der Waals surface area contributed by atoms with Gasteiger partial charge < -0.3 is 15.0 Å². The fraction of sp³-hybridized carbons (Fsp3) is 0.136. The first-order valence-electron chi connectivity index (χ1n) is 9.39. The van der Waals surface area contributed by atoms with E-state index in [-0.39, 0.29) is 17.6 Å². The zero-order valence-electron chi connectivity index (χ0n) is 15.6. The Labute approximate surface area is 167 Å². The van der Waals surface area contributed by atoms with Crippen LogP contribution in [-0.2, 0) is 6.54 Å². The Hall–Kier alpha value is -3.87. The number of phenols is 1. The average Bonchev–Trinajstić information content (AvgIpc) is 3.44. The van der Waals surface area contributed by atoms with Gasteiger partial charge in [-0.2, -0.15) is 5.10 Å². The number of H-pyrrole nitrogens is 1. The highest BCUT2D eigenvalue weighted by Crippen LogP contribution is 2.33. The molecule has 0 spiro atoms. The topological polar surface area (TPSA) is 87.0 Å². The third-order valence-electron chi connectivity index (χ3n) is 5.28. The van der Waals surface area contributed by atoms with Gasteiger partial charge in [-0.1, -0.05) is 12.1 Å². The van der Waals surface area contributed by atoms with Crippen LogP contribution < -0.4 is 0 Å². The molecule has 2 aromatic heterocycles. The Morgan fingerprint density at radius 3 is 2.76 bits per heavy atom. The number of phenolic OH excluding ortho intramolecular Hbond substituents is 1. The zero-order chi connectivity index (χ0) is 19.8. The molecular weight excluding hydrogens is 366 g/mol. The van der Waals surface area contributed by atoms with Crippen LogP contribution in [0.15, 0.2) is 73.3 Å². The van der Waals surface area contributed by atoms with Crippen LogP contribution >= 0.6 is 0 Å². The van der Waals surface area contributed by atoms with Crippen molar-refractivity contribution in [1.82, 2.24) is 24.6 Å². The van der Waals surface area contributed by atoms with Gasteiger partial charge in [-0.15, -0.1) is 0 Å². The number of aromatic amines is 1. The maximum absolute atomic E-state index is 13.2. The van der Waals surface area contributed by atoms with Crippen LogP contribution in [0.4, 0.5) is 0 Å². The predicted octanol–water partition coefficient (Wildman–Crippen LogP) is 3.09. The summed E-state index contributed by atoms with van der Waals surface area (Å²) in [5.74, 6) is 0.0732. The van der Waals surface area contributed by atoms with Crippen LogP contribution in [-0.4, -0.2) is 42.2 Å². The molecule has 0 aliphatic carbocycles. The molecule has 2 aromatic carbocycles. The van der Waals surface area contributed by atoms with Crippen LogP contribution in [0.1, 0.15) is 33.2 Å². The van der Waals surface area contributed by atoms with Crippen LogP contribution in [0.3, 0.4) is 0 Å². The molecule has 3 heterocycles. The number of imidazole rings is 1. The van der Waals surface area contributed by atoms with Crippen molar-refractivity contribution in [3.8, 4) is 11.4 Å². The number of hydrogen-bond donors (Lipinski definition) is 2. The highest BCUT2D eigenvalue weighted by atomic mass is 16.3. The molecule has 0 saturated carbocycles. The highest BCUT2D eigenvalue weighted by Gasteiger charge is 2.31. The van der Waals surface area contributed by atoms with E-state index in [4.69, 9.17) is 0 Å². The van der Waals surface area contributed by atoms with E-state index in [1.165, 1.54) is 0 Å². The Bertz CT molecular complexity index is 1150. The molecule has 7 nitrogen and oxygen atoms in total. The van der Waals surface area contributed by atoms with E-state index in [9.17, 15) is 9.90 Å².